The Morgan fingerprint density at radius 3 is 2.57 bits per heavy atom. The van der Waals surface area contributed by atoms with Gasteiger partial charge in [0.2, 0.25) is 0 Å². The van der Waals surface area contributed by atoms with Crippen LogP contribution in [-0.4, -0.2) is 25.2 Å². The highest BCUT2D eigenvalue weighted by atomic mass is 16.2. The van der Waals surface area contributed by atoms with Crippen molar-refractivity contribution in [2.75, 3.05) is 6.54 Å². The van der Waals surface area contributed by atoms with Crippen molar-refractivity contribution in [1.82, 2.24) is 18.7 Å². The first-order chi connectivity index (χ1) is 10.1. The van der Waals surface area contributed by atoms with E-state index in [1.807, 2.05) is 4.57 Å². The van der Waals surface area contributed by atoms with E-state index in [1.165, 1.54) is 9.13 Å². The van der Waals surface area contributed by atoms with Gasteiger partial charge in [-0.3, -0.25) is 13.9 Å². The van der Waals surface area contributed by atoms with Crippen LogP contribution in [0.25, 0.3) is 11.2 Å². The number of hydrogen-bond donors (Lipinski definition) is 1. The molecule has 7 nitrogen and oxygen atoms in total. The molecule has 1 fully saturated rings. The van der Waals surface area contributed by atoms with Crippen LogP contribution in [0.2, 0.25) is 0 Å². The van der Waals surface area contributed by atoms with Gasteiger partial charge in [0, 0.05) is 26.1 Å². The second kappa shape index (κ2) is 5.14. The molecule has 0 aromatic carbocycles. The van der Waals surface area contributed by atoms with Gasteiger partial charge in [-0.2, -0.15) is 0 Å². The quantitative estimate of drug-likeness (QED) is 0.849. The molecule has 0 atom stereocenters. The first kappa shape index (κ1) is 14.1. The van der Waals surface area contributed by atoms with E-state index in [-0.39, 0.29) is 11.2 Å². The van der Waals surface area contributed by atoms with Crippen molar-refractivity contribution in [2.45, 2.75) is 45.2 Å². The zero-order chi connectivity index (χ0) is 15.1. The first-order valence-electron chi connectivity index (χ1n) is 7.50. The van der Waals surface area contributed by atoms with E-state index < -0.39 is 0 Å². The van der Waals surface area contributed by atoms with E-state index in [4.69, 9.17) is 5.73 Å². The second-order valence-corrected chi connectivity index (χ2v) is 5.60. The van der Waals surface area contributed by atoms with Crippen molar-refractivity contribution in [3.63, 3.8) is 0 Å². The predicted molar refractivity (Wildman–Crippen MR) is 80.6 cm³/mol. The summed E-state index contributed by atoms with van der Waals surface area (Å²) < 4.78 is 4.72. The molecule has 0 spiro atoms. The summed E-state index contributed by atoms with van der Waals surface area (Å²) in [5, 5.41) is 0. The van der Waals surface area contributed by atoms with Gasteiger partial charge in [0.05, 0.1) is 0 Å². The van der Waals surface area contributed by atoms with Crippen molar-refractivity contribution in [3.8, 4) is 0 Å². The summed E-state index contributed by atoms with van der Waals surface area (Å²) in [6.07, 6.45) is 2.99. The molecule has 1 saturated carbocycles. The Hall–Kier alpha value is -1.89. The Morgan fingerprint density at radius 2 is 2.00 bits per heavy atom. The second-order valence-electron chi connectivity index (χ2n) is 5.60. The van der Waals surface area contributed by atoms with Crippen molar-refractivity contribution >= 4 is 11.2 Å². The predicted octanol–water partition coefficient (Wildman–Crippen LogP) is 0.143. The zero-order valence-corrected chi connectivity index (χ0v) is 12.5. The molecule has 2 aromatic heterocycles. The Bertz CT molecular complexity index is 794. The zero-order valence-electron chi connectivity index (χ0n) is 12.5. The van der Waals surface area contributed by atoms with Crippen LogP contribution < -0.4 is 17.0 Å². The Kier molecular flexibility index (Phi) is 3.44. The summed E-state index contributed by atoms with van der Waals surface area (Å²) in [5.41, 5.74) is 6.09. The van der Waals surface area contributed by atoms with Gasteiger partial charge in [0.1, 0.15) is 5.82 Å². The lowest BCUT2D eigenvalue weighted by molar-refractivity contribution is 0.614. The third kappa shape index (κ3) is 2.12. The lowest BCUT2D eigenvalue weighted by Gasteiger charge is -2.09. The Balaban J connectivity index is 2.35. The molecule has 0 bridgehead atoms. The molecule has 0 saturated heterocycles. The van der Waals surface area contributed by atoms with Crippen LogP contribution in [0, 0.1) is 0 Å². The molecule has 3 rings (SSSR count). The van der Waals surface area contributed by atoms with Crippen LogP contribution in [0.5, 0.6) is 0 Å². The van der Waals surface area contributed by atoms with Crippen LogP contribution in [0.3, 0.4) is 0 Å². The van der Waals surface area contributed by atoms with Crippen molar-refractivity contribution in [3.05, 3.63) is 26.7 Å². The number of fused-ring (bicyclic) bond motifs is 1. The third-order valence-electron chi connectivity index (χ3n) is 4.11. The summed E-state index contributed by atoms with van der Waals surface area (Å²) >= 11 is 0. The maximum Gasteiger partial charge on any atom is 0.332 e. The maximum atomic E-state index is 12.6. The molecule has 114 valence electrons. The molecule has 21 heavy (non-hydrogen) atoms. The van der Waals surface area contributed by atoms with Gasteiger partial charge < -0.3 is 10.3 Å². The molecule has 0 unspecified atom stereocenters. The Labute approximate surface area is 122 Å². The van der Waals surface area contributed by atoms with Gasteiger partial charge >= 0.3 is 5.69 Å². The average molecular weight is 291 g/mol. The standard InChI is InChI=1S/C14H21N5O2/c1-3-18-13(20)10-12(17(2)14(18)21)16-11(9-5-6-9)19(10)8-4-7-15/h9H,3-8,15H2,1-2H3. The highest BCUT2D eigenvalue weighted by Crippen LogP contribution is 2.40. The summed E-state index contributed by atoms with van der Waals surface area (Å²) in [4.78, 5) is 29.4. The number of aryl methyl sites for hydroxylation is 2. The fourth-order valence-electron chi connectivity index (χ4n) is 2.80. The number of imidazole rings is 1. The van der Waals surface area contributed by atoms with E-state index in [1.54, 1.807) is 14.0 Å². The molecule has 2 N–H and O–H groups in total. The smallest absolute Gasteiger partial charge is 0.330 e. The van der Waals surface area contributed by atoms with E-state index in [9.17, 15) is 9.59 Å². The number of hydrogen-bond acceptors (Lipinski definition) is 4. The fourth-order valence-corrected chi connectivity index (χ4v) is 2.80. The number of aromatic nitrogens is 4. The minimum absolute atomic E-state index is 0.243. The average Bonchev–Trinajstić information content (AvgIpc) is 3.24. The van der Waals surface area contributed by atoms with Crippen LogP contribution >= 0.6 is 0 Å². The molecule has 0 aliphatic heterocycles. The largest absolute Gasteiger partial charge is 0.332 e. The van der Waals surface area contributed by atoms with Crippen molar-refractivity contribution < 1.29 is 0 Å². The molecule has 7 heteroatoms. The van der Waals surface area contributed by atoms with Gasteiger partial charge in [-0.1, -0.05) is 0 Å². The van der Waals surface area contributed by atoms with Gasteiger partial charge in [-0.25, -0.2) is 9.78 Å². The number of nitrogens with zero attached hydrogens (tertiary/aromatic N) is 4. The highest BCUT2D eigenvalue weighted by Gasteiger charge is 2.31. The monoisotopic (exact) mass is 291 g/mol. The van der Waals surface area contributed by atoms with E-state index >= 15 is 0 Å². The summed E-state index contributed by atoms with van der Waals surface area (Å²) in [6.45, 7) is 3.41. The topological polar surface area (TPSA) is 87.8 Å². The van der Waals surface area contributed by atoms with Crippen LogP contribution in [-0.2, 0) is 20.1 Å². The van der Waals surface area contributed by atoms with E-state index in [0.717, 1.165) is 25.1 Å². The molecular weight excluding hydrogens is 270 g/mol. The molecule has 0 amide bonds. The van der Waals surface area contributed by atoms with Crippen LogP contribution in [0.1, 0.15) is 37.9 Å². The number of nitrogens with two attached hydrogens (primary N) is 1. The van der Waals surface area contributed by atoms with Gasteiger partial charge in [-0.05, 0) is 32.7 Å². The SMILES string of the molecule is CCn1c(=O)c2c(nc(C3CC3)n2CCCN)n(C)c1=O. The normalized spacial score (nSPS) is 15.0. The number of rotatable bonds is 5. The van der Waals surface area contributed by atoms with Crippen molar-refractivity contribution in [1.29, 1.82) is 0 Å². The molecular formula is C14H21N5O2. The van der Waals surface area contributed by atoms with Crippen LogP contribution in [0.15, 0.2) is 9.59 Å². The summed E-state index contributed by atoms with van der Waals surface area (Å²) in [6, 6.07) is 0. The molecule has 1 aliphatic carbocycles. The molecule has 2 heterocycles. The Morgan fingerprint density at radius 1 is 1.29 bits per heavy atom. The van der Waals surface area contributed by atoms with Gasteiger partial charge in [0.25, 0.3) is 5.56 Å². The third-order valence-corrected chi connectivity index (χ3v) is 4.11. The summed E-state index contributed by atoms with van der Waals surface area (Å²) in [5.74, 6) is 1.35. The summed E-state index contributed by atoms with van der Waals surface area (Å²) in [7, 11) is 1.67. The molecule has 1 aliphatic rings. The minimum atomic E-state index is -0.305. The fraction of sp³-hybridized carbons (Fsp3) is 0.643. The van der Waals surface area contributed by atoms with E-state index in [0.29, 0.717) is 36.7 Å². The lowest BCUT2D eigenvalue weighted by atomic mass is 10.3. The minimum Gasteiger partial charge on any atom is -0.330 e. The van der Waals surface area contributed by atoms with E-state index in [2.05, 4.69) is 4.98 Å². The van der Waals surface area contributed by atoms with Gasteiger partial charge in [-0.15, -0.1) is 0 Å². The van der Waals surface area contributed by atoms with Crippen LogP contribution in [0.4, 0.5) is 0 Å². The first-order valence-corrected chi connectivity index (χ1v) is 7.50. The highest BCUT2D eigenvalue weighted by molar-refractivity contribution is 5.71. The maximum absolute atomic E-state index is 12.6. The lowest BCUT2D eigenvalue weighted by Crippen LogP contribution is -2.39. The molecule has 0 radical (unpaired) electrons. The van der Waals surface area contributed by atoms with Gasteiger partial charge in [0.15, 0.2) is 11.2 Å². The molecule has 2 aromatic rings. The van der Waals surface area contributed by atoms with Crippen molar-refractivity contribution in [2.24, 2.45) is 12.8 Å².